The fourth-order valence-electron chi connectivity index (χ4n) is 1.57. The van der Waals surface area contributed by atoms with E-state index < -0.39 is 0 Å². The number of nitrogens with one attached hydrogen (secondary N) is 2. The van der Waals surface area contributed by atoms with Gasteiger partial charge < -0.3 is 15.8 Å². The van der Waals surface area contributed by atoms with Crippen LogP contribution in [0.3, 0.4) is 0 Å². The second kappa shape index (κ2) is 6.16. The molecule has 0 unspecified atom stereocenters. The van der Waals surface area contributed by atoms with Crippen LogP contribution >= 0.6 is 12.2 Å². The van der Waals surface area contributed by atoms with Crippen LogP contribution in [0.25, 0.3) is 0 Å². The number of rotatable bonds is 5. The predicted molar refractivity (Wildman–Crippen MR) is 80.0 cm³/mol. The first-order valence-electron chi connectivity index (χ1n) is 5.89. The normalized spacial score (nSPS) is 10.1. The molecule has 104 valence electrons. The van der Waals surface area contributed by atoms with Crippen molar-refractivity contribution in [1.82, 2.24) is 10.2 Å². The van der Waals surface area contributed by atoms with Crippen LogP contribution in [0.5, 0.6) is 5.75 Å². The Morgan fingerprint density at radius 1 is 1.45 bits per heavy atom. The Labute approximate surface area is 121 Å². The highest BCUT2D eigenvalue weighted by Crippen LogP contribution is 2.16. The van der Waals surface area contributed by atoms with Gasteiger partial charge in [0.2, 0.25) is 0 Å². The Morgan fingerprint density at radius 3 is 2.70 bits per heavy atom. The van der Waals surface area contributed by atoms with Crippen molar-refractivity contribution in [1.29, 1.82) is 0 Å². The first-order valence-corrected chi connectivity index (χ1v) is 6.29. The summed E-state index contributed by atoms with van der Waals surface area (Å²) in [6.07, 6.45) is 1.49. The van der Waals surface area contributed by atoms with Crippen LogP contribution in [0.1, 0.15) is 16.1 Å². The van der Waals surface area contributed by atoms with Crippen LogP contribution < -0.4 is 15.8 Å². The van der Waals surface area contributed by atoms with Crippen LogP contribution in [-0.2, 0) is 0 Å². The first kappa shape index (κ1) is 14.0. The number of aryl methyl sites for hydroxylation is 1. The van der Waals surface area contributed by atoms with Crippen molar-refractivity contribution in [2.24, 2.45) is 5.73 Å². The predicted octanol–water partition coefficient (Wildman–Crippen LogP) is 1.64. The number of ether oxygens (including phenoxy) is 1. The number of carbonyl (C=O) groups excluding carboxylic acids is 1. The fraction of sp³-hybridized carbons (Fsp3) is 0.154. The van der Waals surface area contributed by atoms with E-state index in [1.807, 2.05) is 0 Å². The van der Waals surface area contributed by atoms with Gasteiger partial charge in [0.25, 0.3) is 5.91 Å². The van der Waals surface area contributed by atoms with E-state index in [0.29, 0.717) is 17.0 Å². The number of nitrogens with two attached hydrogens (primary N) is 1. The number of anilines is 1. The minimum Gasteiger partial charge on any atom is -0.487 e. The van der Waals surface area contributed by atoms with E-state index in [-0.39, 0.29) is 17.5 Å². The number of carbonyl (C=O) groups is 1. The SMILES string of the molecule is Cc1[nH]ncc1C(=O)Nc1ccc(OCC(N)=S)cc1. The molecule has 0 bridgehead atoms. The zero-order valence-corrected chi connectivity index (χ0v) is 11.7. The summed E-state index contributed by atoms with van der Waals surface area (Å²) in [6.45, 7) is 1.98. The average Bonchev–Trinajstić information content (AvgIpc) is 2.84. The van der Waals surface area contributed by atoms with Crippen molar-refractivity contribution in [2.45, 2.75) is 6.92 Å². The standard InChI is InChI=1S/C13H14N4O2S/c1-8-11(6-15-17-8)13(18)16-9-2-4-10(5-3-9)19-7-12(14)20/h2-6H,7H2,1H3,(H2,14,20)(H,15,17)(H,16,18). The third-order valence-electron chi connectivity index (χ3n) is 2.57. The molecule has 1 heterocycles. The summed E-state index contributed by atoms with van der Waals surface area (Å²) in [4.78, 5) is 12.2. The number of H-pyrrole nitrogens is 1. The van der Waals surface area contributed by atoms with Crippen LogP contribution in [0.15, 0.2) is 30.5 Å². The van der Waals surface area contributed by atoms with Crippen molar-refractivity contribution in [3.05, 3.63) is 41.7 Å². The van der Waals surface area contributed by atoms with E-state index in [1.54, 1.807) is 31.2 Å². The highest BCUT2D eigenvalue weighted by Gasteiger charge is 2.10. The summed E-state index contributed by atoms with van der Waals surface area (Å²) in [5.41, 5.74) is 7.24. The molecule has 0 spiro atoms. The monoisotopic (exact) mass is 290 g/mol. The van der Waals surface area contributed by atoms with E-state index in [9.17, 15) is 4.79 Å². The van der Waals surface area contributed by atoms with Gasteiger partial charge in [-0.25, -0.2) is 0 Å². The molecular formula is C13H14N4O2S. The maximum atomic E-state index is 12.0. The third kappa shape index (κ3) is 3.55. The highest BCUT2D eigenvalue weighted by atomic mass is 32.1. The van der Waals surface area contributed by atoms with E-state index >= 15 is 0 Å². The summed E-state index contributed by atoms with van der Waals surface area (Å²) < 4.78 is 5.32. The summed E-state index contributed by atoms with van der Waals surface area (Å²) in [6, 6.07) is 6.94. The molecule has 0 aliphatic carbocycles. The van der Waals surface area contributed by atoms with Crippen molar-refractivity contribution in [2.75, 3.05) is 11.9 Å². The van der Waals surface area contributed by atoms with Gasteiger partial charge in [0, 0.05) is 11.4 Å². The molecule has 20 heavy (non-hydrogen) atoms. The van der Waals surface area contributed by atoms with Crippen LogP contribution in [0.4, 0.5) is 5.69 Å². The van der Waals surface area contributed by atoms with Crippen molar-refractivity contribution >= 4 is 28.8 Å². The minimum absolute atomic E-state index is 0.190. The lowest BCUT2D eigenvalue weighted by atomic mass is 10.2. The highest BCUT2D eigenvalue weighted by molar-refractivity contribution is 7.80. The molecule has 1 amide bonds. The molecule has 6 nitrogen and oxygen atoms in total. The Kier molecular flexibility index (Phi) is 4.31. The fourth-order valence-corrected chi connectivity index (χ4v) is 1.63. The van der Waals surface area contributed by atoms with E-state index in [4.69, 9.17) is 22.7 Å². The lowest BCUT2D eigenvalue weighted by Crippen LogP contribution is -2.17. The van der Waals surface area contributed by atoms with Gasteiger partial charge in [-0.15, -0.1) is 0 Å². The van der Waals surface area contributed by atoms with Crippen LogP contribution in [0.2, 0.25) is 0 Å². The third-order valence-corrected chi connectivity index (χ3v) is 2.69. The number of aromatic nitrogens is 2. The molecular weight excluding hydrogens is 276 g/mol. The molecule has 4 N–H and O–H groups in total. The molecule has 2 rings (SSSR count). The summed E-state index contributed by atoms with van der Waals surface area (Å²) in [5, 5.41) is 9.30. The maximum Gasteiger partial charge on any atom is 0.259 e. The molecule has 2 aromatic rings. The summed E-state index contributed by atoms with van der Waals surface area (Å²) >= 11 is 4.72. The molecule has 0 saturated carbocycles. The van der Waals surface area contributed by atoms with Gasteiger partial charge in [0.15, 0.2) is 0 Å². The van der Waals surface area contributed by atoms with Gasteiger partial charge in [-0.05, 0) is 31.2 Å². The van der Waals surface area contributed by atoms with E-state index in [1.165, 1.54) is 6.20 Å². The van der Waals surface area contributed by atoms with Crippen LogP contribution in [-0.4, -0.2) is 27.7 Å². The zero-order chi connectivity index (χ0) is 14.5. The van der Waals surface area contributed by atoms with Gasteiger partial charge >= 0.3 is 0 Å². The molecule has 0 aliphatic rings. The van der Waals surface area contributed by atoms with Gasteiger partial charge in [0.1, 0.15) is 17.3 Å². The smallest absolute Gasteiger partial charge is 0.259 e. The molecule has 7 heteroatoms. The Hall–Kier alpha value is -2.41. The van der Waals surface area contributed by atoms with Gasteiger partial charge in [-0.1, -0.05) is 12.2 Å². The molecule has 1 aromatic heterocycles. The summed E-state index contributed by atoms with van der Waals surface area (Å²) in [7, 11) is 0. The van der Waals surface area contributed by atoms with Gasteiger partial charge in [0.05, 0.1) is 11.8 Å². The molecule has 0 fully saturated rings. The molecule has 0 atom stereocenters. The number of thiocarbonyl (C=S) groups is 1. The van der Waals surface area contributed by atoms with E-state index in [0.717, 1.165) is 5.69 Å². The summed E-state index contributed by atoms with van der Waals surface area (Å²) in [5.74, 6) is 0.420. The number of aromatic amines is 1. The lowest BCUT2D eigenvalue weighted by Gasteiger charge is -2.07. The number of hydrogen-bond acceptors (Lipinski definition) is 4. The Balaban J connectivity index is 1.99. The topological polar surface area (TPSA) is 93.0 Å². The lowest BCUT2D eigenvalue weighted by molar-refractivity contribution is 0.102. The van der Waals surface area contributed by atoms with Gasteiger partial charge in [-0.3, -0.25) is 9.89 Å². The molecule has 0 aliphatic heterocycles. The zero-order valence-electron chi connectivity index (χ0n) is 10.8. The number of nitrogens with zero attached hydrogens (tertiary/aromatic N) is 1. The minimum atomic E-state index is -0.215. The quantitative estimate of drug-likeness (QED) is 0.728. The molecule has 0 saturated heterocycles. The van der Waals surface area contributed by atoms with Crippen molar-refractivity contribution < 1.29 is 9.53 Å². The van der Waals surface area contributed by atoms with E-state index in [2.05, 4.69) is 15.5 Å². The Morgan fingerprint density at radius 2 is 2.15 bits per heavy atom. The number of benzene rings is 1. The number of amides is 1. The first-order chi connectivity index (χ1) is 9.56. The Bertz CT molecular complexity index is 622. The van der Waals surface area contributed by atoms with Crippen LogP contribution in [0, 0.1) is 6.92 Å². The second-order valence-electron chi connectivity index (χ2n) is 4.14. The molecule has 1 aromatic carbocycles. The average molecular weight is 290 g/mol. The largest absolute Gasteiger partial charge is 0.487 e. The van der Waals surface area contributed by atoms with Crippen molar-refractivity contribution in [3.63, 3.8) is 0 Å². The van der Waals surface area contributed by atoms with Crippen molar-refractivity contribution in [3.8, 4) is 5.75 Å². The second-order valence-corrected chi connectivity index (χ2v) is 4.67. The maximum absolute atomic E-state index is 12.0. The van der Waals surface area contributed by atoms with Gasteiger partial charge in [-0.2, -0.15) is 5.10 Å². The number of hydrogen-bond donors (Lipinski definition) is 3. The molecule has 0 radical (unpaired) electrons.